The average Bonchev–Trinajstić information content (AvgIpc) is 2.02. The Morgan fingerprint density at radius 2 is 1.75 bits per heavy atom. The number of hydrogen-bond acceptors (Lipinski definition) is 2. The van der Waals surface area contributed by atoms with Crippen molar-refractivity contribution in [2.75, 3.05) is 38.7 Å². The Labute approximate surface area is 78.2 Å². The van der Waals surface area contributed by atoms with Gasteiger partial charge >= 0.3 is 0 Å². The molecule has 0 radical (unpaired) electrons. The molecule has 2 saturated heterocycles. The number of nitrogens with one attached hydrogen (secondary N) is 1. The number of hydrogen-bond donors (Lipinski definition) is 2. The molecule has 2 heterocycles. The van der Waals surface area contributed by atoms with Gasteiger partial charge in [-0.3, -0.25) is 4.31 Å². The second-order valence-corrected chi connectivity index (χ2v) is 6.66. The first-order valence-corrected chi connectivity index (χ1v) is 7.04. The number of piperidine rings is 1. The van der Waals surface area contributed by atoms with Gasteiger partial charge in [-0.1, -0.05) is 0 Å². The molecule has 1 N–H and O–H groups in total. The van der Waals surface area contributed by atoms with Crippen LogP contribution in [0.4, 0.5) is 0 Å². The lowest BCUT2D eigenvalue weighted by molar-refractivity contribution is 0.0902. The van der Waals surface area contributed by atoms with Crippen molar-refractivity contribution in [2.45, 2.75) is 12.8 Å². The molecule has 2 aliphatic rings. The summed E-state index contributed by atoms with van der Waals surface area (Å²) in [5, 5.41) is 3.40. The summed E-state index contributed by atoms with van der Waals surface area (Å²) in [6.07, 6.45) is 7.60. The molecule has 12 heavy (non-hydrogen) atoms. The minimum atomic E-state index is 0.172. The van der Waals surface area contributed by atoms with Crippen LogP contribution in [0, 0.1) is 5.41 Å². The van der Waals surface area contributed by atoms with Gasteiger partial charge in [0.05, 0.1) is 0 Å². The highest BCUT2D eigenvalue weighted by atomic mass is 32.2. The molecule has 0 saturated carbocycles. The third-order valence-electron chi connectivity index (χ3n) is 3.37. The zero-order chi connectivity index (χ0) is 8.60. The molecule has 0 amide bonds. The van der Waals surface area contributed by atoms with E-state index in [1.165, 1.54) is 39.0 Å². The first kappa shape index (κ1) is 8.85. The lowest BCUT2D eigenvalue weighted by atomic mass is 9.74. The number of thiol groups is 1. The van der Waals surface area contributed by atoms with Crippen LogP contribution in [0.25, 0.3) is 0 Å². The van der Waals surface area contributed by atoms with Crippen molar-refractivity contribution >= 4 is 11.1 Å². The van der Waals surface area contributed by atoms with Crippen molar-refractivity contribution in [1.29, 1.82) is 0 Å². The topological polar surface area (TPSA) is 15.3 Å². The van der Waals surface area contributed by atoms with Crippen molar-refractivity contribution in [1.82, 2.24) is 9.62 Å². The average molecular weight is 188 g/mol. The predicted octanol–water partition coefficient (Wildman–Crippen LogP) is 0.848. The van der Waals surface area contributed by atoms with Crippen LogP contribution in [-0.2, 0) is 0 Å². The Balaban J connectivity index is 1.84. The summed E-state index contributed by atoms with van der Waals surface area (Å²) in [5.41, 5.74) is 0.724. The smallest absolute Gasteiger partial charge is 0.00777 e. The molecule has 1 spiro atoms. The molecule has 0 aromatic carbocycles. The van der Waals surface area contributed by atoms with Crippen molar-refractivity contribution in [3.8, 4) is 0 Å². The second-order valence-electron chi connectivity index (χ2n) is 4.40. The molecule has 3 heteroatoms. The summed E-state index contributed by atoms with van der Waals surface area (Å²) in [4.78, 5) is 0. The molecular weight excluding hydrogens is 168 g/mol. The molecule has 2 rings (SSSR count). The summed E-state index contributed by atoms with van der Waals surface area (Å²) >= 11 is 0.172. The van der Waals surface area contributed by atoms with Crippen LogP contribution >= 0.6 is 11.1 Å². The van der Waals surface area contributed by atoms with Gasteiger partial charge in [-0.2, -0.15) is 0 Å². The van der Waals surface area contributed by atoms with Gasteiger partial charge in [-0.15, -0.1) is 0 Å². The summed E-state index contributed by atoms with van der Waals surface area (Å²) in [6.45, 7) is 5.26. The van der Waals surface area contributed by atoms with Crippen molar-refractivity contribution < 1.29 is 0 Å². The molecular formula is C9H20N2S. The summed E-state index contributed by atoms with van der Waals surface area (Å²) in [7, 11) is 0. The zero-order valence-electron chi connectivity index (χ0n) is 8.14. The third kappa shape index (κ3) is 1.50. The van der Waals surface area contributed by atoms with E-state index < -0.39 is 0 Å². The molecule has 72 valence electrons. The Hall–Kier alpha value is 0.270. The fourth-order valence-corrected chi connectivity index (χ4v) is 3.20. The Morgan fingerprint density at radius 1 is 1.17 bits per heavy atom. The van der Waals surface area contributed by atoms with Crippen LogP contribution in [0.1, 0.15) is 12.8 Å². The van der Waals surface area contributed by atoms with Gasteiger partial charge in [0.15, 0.2) is 0 Å². The third-order valence-corrected chi connectivity index (χ3v) is 4.90. The van der Waals surface area contributed by atoms with E-state index >= 15 is 0 Å². The number of nitrogens with zero attached hydrogens (tertiary/aromatic N) is 1. The van der Waals surface area contributed by atoms with Gasteiger partial charge in [0.1, 0.15) is 0 Å². The summed E-state index contributed by atoms with van der Waals surface area (Å²) in [5.74, 6) is 0. The van der Waals surface area contributed by atoms with Crippen LogP contribution in [0.3, 0.4) is 0 Å². The maximum absolute atomic E-state index is 3.40. The number of rotatable bonds is 1. The predicted molar refractivity (Wildman–Crippen MR) is 56.9 cm³/mol. The van der Waals surface area contributed by atoms with Crippen molar-refractivity contribution in [3.63, 3.8) is 0 Å². The lowest BCUT2D eigenvalue weighted by Gasteiger charge is -2.49. The van der Waals surface area contributed by atoms with E-state index in [-0.39, 0.29) is 11.1 Å². The fourth-order valence-electron chi connectivity index (χ4n) is 2.20. The first-order valence-electron chi connectivity index (χ1n) is 4.85. The highest BCUT2D eigenvalue weighted by Crippen LogP contribution is 2.38. The van der Waals surface area contributed by atoms with E-state index in [1.807, 2.05) is 0 Å². The molecule has 0 atom stereocenters. The Morgan fingerprint density at radius 3 is 2.08 bits per heavy atom. The molecule has 2 aliphatic heterocycles. The molecule has 2 fully saturated rings. The maximum atomic E-state index is 3.40. The minimum Gasteiger partial charge on any atom is -0.316 e. The van der Waals surface area contributed by atoms with Gasteiger partial charge in [-0.05, 0) is 30.8 Å². The fraction of sp³-hybridized carbons (Fsp3) is 1.00. The van der Waals surface area contributed by atoms with Crippen LogP contribution in [-0.4, -0.2) is 43.0 Å². The summed E-state index contributed by atoms with van der Waals surface area (Å²) in [6, 6.07) is 0. The largest absolute Gasteiger partial charge is 0.316 e. The second kappa shape index (κ2) is 3.20. The van der Waals surface area contributed by atoms with E-state index in [4.69, 9.17) is 0 Å². The van der Waals surface area contributed by atoms with E-state index in [2.05, 4.69) is 22.1 Å². The highest BCUT2D eigenvalue weighted by molar-refractivity contribution is 8.13. The van der Waals surface area contributed by atoms with Crippen molar-refractivity contribution in [2.24, 2.45) is 5.41 Å². The molecule has 0 aromatic rings. The molecule has 0 aliphatic carbocycles. The molecule has 2 nitrogen and oxygen atoms in total. The Kier molecular flexibility index (Phi) is 2.36. The van der Waals surface area contributed by atoms with Crippen LogP contribution in [0.15, 0.2) is 0 Å². The normalized spacial score (nSPS) is 30.0. The summed E-state index contributed by atoms with van der Waals surface area (Å²) < 4.78 is 2.67. The maximum Gasteiger partial charge on any atom is 0.00777 e. The standard InChI is InChI=1S/C9H20N2S/c1-12(2)11-5-3-9(4-6-11)7-10-8-9/h10,12H,3-8H2,1-2H3. The lowest BCUT2D eigenvalue weighted by Crippen LogP contribution is -2.57. The van der Waals surface area contributed by atoms with Gasteiger partial charge in [0.25, 0.3) is 0 Å². The van der Waals surface area contributed by atoms with E-state index in [1.54, 1.807) is 0 Å². The van der Waals surface area contributed by atoms with Crippen LogP contribution in [0.5, 0.6) is 0 Å². The molecule has 0 aromatic heterocycles. The molecule has 0 unspecified atom stereocenters. The quantitative estimate of drug-likeness (QED) is 0.593. The van der Waals surface area contributed by atoms with Gasteiger partial charge in [-0.25, -0.2) is 11.1 Å². The van der Waals surface area contributed by atoms with E-state index in [0.717, 1.165) is 5.41 Å². The van der Waals surface area contributed by atoms with Gasteiger partial charge in [0, 0.05) is 26.2 Å². The van der Waals surface area contributed by atoms with Gasteiger partial charge in [0.2, 0.25) is 0 Å². The van der Waals surface area contributed by atoms with E-state index in [0.29, 0.717) is 0 Å². The monoisotopic (exact) mass is 188 g/mol. The van der Waals surface area contributed by atoms with Crippen molar-refractivity contribution in [3.05, 3.63) is 0 Å². The molecule has 0 bridgehead atoms. The highest BCUT2D eigenvalue weighted by Gasteiger charge is 2.39. The van der Waals surface area contributed by atoms with Crippen LogP contribution < -0.4 is 5.32 Å². The van der Waals surface area contributed by atoms with Crippen LogP contribution in [0.2, 0.25) is 0 Å². The first-order chi connectivity index (χ1) is 5.72. The van der Waals surface area contributed by atoms with E-state index in [9.17, 15) is 0 Å². The van der Waals surface area contributed by atoms with Gasteiger partial charge < -0.3 is 5.32 Å². The Bertz CT molecular complexity index is 156. The minimum absolute atomic E-state index is 0.172. The zero-order valence-corrected chi connectivity index (χ0v) is 9.03. The SMILES string of the molecule is C[SH](C)N1CCC2(CC1)CNC2.